The van der Waals surface area contributed by atoms with Crippen molar-refractivity contribution in [2.24, 2.45) is 11.1 Å². The van der Waals surface area contributed by atoms with Crippen molar-refractivity contribution < 1.29 is 13.2 Å². The van der Waals surface area contributed by atoms with Crippen LogP contribution in [0.5, 0.6) is 0 Å². The maximum Gasteiger partial charge on any atom is 0.227 e. The predicted octanol–water partition coefficient (Wildman–Crippen LogP) is 1.85. The number of hydrogen-bond donors (Lipinski definition) is 2. The molecule has 0 aliphatic rings. The first-order valence-corrected chi connectivity index (χ1v) is 7.93. The highest BCUT2D eigenvalue weighted by atomic mass is 32.2. The lowest BCUT2D eigenvalue weighted by atomic mass is 10.1. The van der Waals surface area contributed by atoms with Gasteiger partial charge in [-0.1, -0.05) is 32.4 Å². The van der Waals surface area contributed by atoms with E-state index in [0.717, 1.165) is 12.8 Å². The van der Waals surface area contributed by atoms with Crippen LogP contribution in [0.2, 0.25) is 0 Å². The van der Waals surface area contributed by atoms with Gasteiger partial charge in [0.05, 0.1) is 5.75 Å². The molecule has 1 atom stereocenters. The third-order valence-corrected chi connectivity index (χ3v) is 3.49. The summed E-state index contributed by atoms with van der Waals surface area (Å²) in [4.78, 5) is 11.8. The molecule has 0 spiro atoms. The van der Waals surface area contributed by atoms with Crippen molar-refractivity contribution >= 4 is 21.6 Å². The van der Waals surface area contributed by atoms with Crippen molar-refractivity contribution in [2.75, 3.05) is 5.32 Å². The SMILES string of the molecule is CCCC(C)C(=O)Nc1ccc(CS(N)(=O)=O)cc1. The number of hydrogen-bond acceptors (Lipinski definition) is 3. The molecule has 0 bridgehead atoms. The number of nitrogens with one attached hydrogen (secondary N) is 1. The maximum atomic E-state index is 11.8. The second kappa shape index (κ2) is 6.68. The van der Waals surface area contributed by atoms with Crippen molar-refractivity contribution in [2.45, 2.75) is 32.4 Å². The Bertz CT molecular complexity index is 523. The molecule has 1 unspecified atom stereocenters. The second-order valence-corrected chi connectivity index (χ2v) is 6.30. The van der Waals surface area contributed by atoms with Gasteiger partial charge in [-0.25, -0.2) is 13.6 Å². The van der Waals surface area contributed by atoms with Gasteiger partial charge in [-0.05, 0) is 24.1 Å². The Labute approximate surface area is 114 Å². The summed E-state index contributed by atoms with van der Waals surface area (Å²) >= 11 is 0. The van der Waals surface area contributed by atoms with Gasteiger partial charge >= 0.3 is 0 Å². The van der Waals surface area contributed by atoms with Crippen LogP contribution in [0.4, 0.5) is 5.69 Å². The molecule has 1 aromatic rings. The Morgan fingerprint density at radius 3 is 2.37 bits per heavy atom. The van der Waals surface area contributed by atoms with E-state index in [2.05, 4.69) is 5.32 Å². The summed E-state index contributed by atoms with van der Waals surface area (Å²) in [6.45, 7) is 3.92. The number of primary sulfonamides is 1. The molecular weight excluding hydrogens is 264 g/mol. The third kappa shape index (κ3) is 5.85. The molecule has 19 heavy (non-hydrogen) atoms. The summed E-state index contributed by atoms with van der Waals surface area (Å²) in [6.07, 6.45) is 1.80. The first kappa shape index (κ1) is 15.7. The Kier molecular flexibility index (Phi) is 5.50. The fraction of sp³-hybridized carbons (Fsp3) is 0.462. The zero-order valence-electron chi connectivity index (χ0n) is 11.2. The molecule has 5 nitrogen and oxygen atoms in total. The summed E-state index contributed by atoms with van der Waals surface area (Å²) in [7, 11) is -3.52. The Morgan fingerprint density at radius 1 is 1.32 bits per heavy atom. The van der Waals surface area contributed by atoms with E-state index < -0.39 is 10.0 Å². The Hall–Kier alpha value is -1.40. The van der Waals surface area contributed by atoms with Crippen LogP contribution in [0.15, 0.2) is 24.3 Å². The number of anilines is 1. The smallest absolute Gasteiger partial charge is 0.227 e. The Morgan fingerprint density at radius 2 is 1.89 bits per heavy atom. The number of rotatable bonds is 6. The van der Waals surface area contributed by atoms with E-state index in [1.54, 1.807) is 24.3 Å². The molecule has 1 aromatic carbocycles. The van der Waals surface area contributed by atoms with Gasteiger partial charge in [-0.2, -0.15) is 0 Å². The summed E-state index contributed by atoms with van der Waals surface area (Å²) in [5.74, 6) is -0.261. The molecule has 106 valence electrons. The molecule has 0 heterocycles. The summed E-state index contributed by atoms with van der Waals surface area (Å²) in [6, 6.07) is 6.64. The monoisotopic (exact) mass is 284 g/mol. The second-order valence-electron chi connectivity index (χ2n) is 4.68. The van der Waals surface area contributed by atoms with Crippen LogP contribution in [0.25, 0.3) is 0 Å². The number of sulfonamides is 1. The van der Waals surface area contributed by atoms with E-state index in [1.807, 2.05) is 13.8 Å². The molecule has 0 aliphatic carbocycles. The van der Waals surface area contributed by atoms with Gasteiger partial charge in [0.2, 0.25) is 15.9 Å². The molecule has 1 amide bonds. The van der Waals surface area contributed by atoms with E-state index in [4.69, 9.17) is 5.14 Å². The molecule has 0 saturated heterocycles. The van der Waals surface area contributed by atoms with Crippen LogP contribution >= 0.6 is 0 Å². The van der Waals surface area contributed by atoms with Crippen LogP contribution in [-0.4, -0.2) is 14.3 Å². The zero-order chi connectivity index (χ0) is 14.5. The maximum absolute atomic E-state index is 11.8. The highest BCUT2D eigenvalue weighted by Crippen LogP contribution is 2.14. The highest BCUT2D eigenvalue weighted by molar-refractivity contribution is 7.88. The van der Waals surface area contributed by atoms with Crippen molar-refractivity contribution in [3.63, 3.8) is 0 Å². The van der Waals surface area contributed by atoms with Crippen molar-refractivity contribution in [1.82, 2.24) is 0 Å². The van der Waals surface area contributed by atoms with E-state index in [-0.39, 0.29) is 17.6 Å². The van der Waals surface area contributed by atoms with Gasteiger partial charge < -0.3 is 5.32 Å². The topological polar surface area (TPSA) is 89.3 Å². The lowest BCUT2D eigenvalue weighted by Crippen LogP contribution is -2.20. The van der Waals surface area contributed by atoms with Crippen molar-refractivity contribution in [3.05, 3.63) is 29.8 Å². The fourth-order valence-electron chi connectivity index (χ4n) is 1.75. The molecule has 6 heteroatoms. The lowest BCUT2D eigenvalue weighted by molar-refractivity contribution is -0.119. The van der Waals surface area contributed by atoms with Gasteiger partial charge in [-0.15, -0.1) is 0 Å². The minimum atomic E-state index is -3.52. The predicted molar refractivity (Wildman–Crippen MR) is 76.0 cm³/mol. The fourth-order valence-corrected chi connectivity index (χ4v) is 2.40. The lowest BCUT2D eigenvalue weighted by Gasteiger charge is -2.11. The third-order valence-electron chi connectivity index (χ3n) is 2.76. The quantitative estimate of drug-likeness (QED) is 0.835. The average molecular weight is 284 g/mol. The molecule has 0 aliphatic heterocycles. The summed E-state index contributed by atoms with van der Waals surface area (Å²) < 4.78 is 21.9. The van der Waals surface area contributed by atoms with Gasteiger partial charge in [0.1, 0.15) is 0 Å². The number of nitrogens with two attached hydrogens (primary N) is 1. The number of carbonyl (C=O) groups excluding carboxylic acids is 1. The molecular formula is C13H20N2O3S. The van der Waals surface area contributed by atoms with Crippen LogP contribution in [0, 0.1) is 5.92 Å². The van der Waals surface area contributed by atoms with Gasteiger partial charge in [0, 0.05) is 11.6 Å². The minimum Gasteiger partial charge on any atom is -0.326 e. The molecule has 0 radical (unpaired) electrons. The van der Waals surface area contributed by atoms with E-state index in [0.29, 0.717) is 11.3 Å². The summed E-state index contributed by atoms with van der Waals surface area (Å²) in [5, 5.41) is 7.76. The van der Waals surface area contributed by atoms with E-state index in [1.165, 1.54) is 0 Å². The van der Waals surface area contributed by atoms with Crippen molar-refractivity contribution in [1.29, 1.82) is 0 Å². The van der Waals surface area contributed by atoms with E-state index in [9.17, 15) is 13.2 Å². The first-order valence-electron chi connectivity index (χ1n) is 6.22. The van der Waals surface area contributed by atoms with Gasteiger partial charge in [-0.3, -0.25) is 4.79 Å². The van der Waals surface area contributed by atoms with E-state index >= 15 is 0 Å². The minimum absolute atomic E-state index is 0.0268. The average Bonchev–Trinajstić information content (AvgIpc) is 2.30. The molecule has 0 fully saturated rings. The van der Waals surface area contributed by atoms with Crippen LogP contribution in [0.1, 0.15) is 32.3 Å². The molecule has 1 rings (SSSR count). The Balaban J connectivity index is 2.64. The normalized spacial score (nSPS) is 13.0. The molecule has 3 N–H and O–H groups in total. The molecule has 0 saturated carbocycles. The van der Waals surface area contributed by atoms with Gasteiger partial charge in [0.15, 0.2) is 0 Å². The summed E-state index contributed by atoms with van der Waals surface area (Å²) in [5.41, 5.74) is 1.26. The molecule has 0 aromatic heterocycles. The van der Waals surface area contributed by atoms with Crippen LogP contribution in [0.3, 0.4) is 0 Å². The number of benzene rings is 1. The van der Waals surface area contributed by atoms with Crippen molar-refractivity contribution in [3.8, 4) is 0 Å². The number of carbonyl (C=O) groups is 1. The standard InChI is InChI=1S/C13H20N2O3S/c1-3-4-10(2)13(16)15-12-7-5-11(6-8-12)9-19(14,17)18/h5-8,10H,3-4,9H2,1-2H3,(H,15,16)(H2,14,17,18). The zero-order valence-corrected chi connectivity index (χ0v) is 12.0. The first-order chi connectivity index (χ1) is 8.81. The number of amides is 1. The highest BCUT2D eigenvalue weighted by Gasteiger charge is 2.12. The van der Waals surface area contributed by atoms with Gasteiger partial charge in [0.25, 0.3) is 0 Å². The van der Waals surface area contributed by atoms with Crippen LogP contribution in [-0.2, 0) is 20.6 Å². The van der Waals surface area contributed by atoms with Crippen LogP contribution < -0.4 is 10.5 Å². The largest absolute Gasteiger partial charge is 0.326 e.